The number of benzene rings is 1. The maximum atomic E-state index is 11.0. The molecule has 0 fully saturated rings. The summed E-state index contributed by atoms with van der Waals surface area (Å²) >= 11 is 0. The zero-order valence-corrected chi connectivity index (χ0v) is 15.0. The summed E-state index contributed by atoms with van der Waals surface area (Å²) in [6.07, 6.45) is -1.10. The molecule has 0 aliphatic rings. The van der Waals surface area contributed by atoms with Crippen molar-refractivity contribution in [1.82, 2.24) is 5.32 Å². The molecule has 13 heteroatoms. The zero-order chi connectivity index (χ0) is 20.8. The summed E-state index contributed by atoms with van der Waals surface area (Å²) in [6, 6.07) is 3.37. The Morgan fingerprint density at radius 3 is 2.04 bits per heavy atom. The molecule has 0 radical (unpaired) electrons. The molecule has 0 atom stereocenters. The largest absolute Gasteiger partial charge is 0.465 e. The smallest absolute Gasteiger partial charge is 0.404 e. The quantitative estimate of drug-likeness (QED) is 0.220. The molecule has 156 valence electrons. The summed E-state index contributed by atoms with van der Waals surface area (Å²) < 4.78 is 15.7. The van der Waals surface area contributed by atoms with E-state index in [0.717, 1.165) is 6.07 Å². The number of amides is 1. The van der Waals surface area contributed by atoms with Crippen LogP contribution in [0, 0.1) is 20.2 Å². The number of non-ortho nitro benzene ring substituents is 1. The summed E-state index contributed by atoms with van der Waals surface area (Å²) in [5.74, 6) is 0. The van der Waals surface area contributed by atoms with Crippen LogP contribution in [0.5, 0.6) is 0 Å². The van der Waals surface area contributed by atoms with Gasteiger partial charge in [0.1, 0.15) is 5.69 Å². The molecule has 1 aromatic rings. The van der Waals surface area contributed by atoms with Crippen LogP contribution in [-0.2, 0) is 14.2 Å². The number of anilines is 1. The first-order valence-corrected chi connectivity index (χ1v) is 8.28. The fourth-order valence-electron chi connectivity index (χ4n) is 1.96. The SMILES string of the molecule is O=C(O)NCCOCCOCCOCCNc1ccc([N+](=O)[O-])cc1[N+](=O)[O-]. The summed E-state index contributed by atoms with van der Waals surface area (Å²) in [6.45, 7) is 2.30. The molecule has 0 bridgehead atoms. The lowest BCUT2D eigenvalue weighted by Gasteiger charge is -2.09. The molecule has 0 saturated heterocycles. The van der Waals surface area contributed by atoms with Crippen LogP contribution in [-0.4, -0.2) is 73.8 Å². The first-order chi connectivity index (χ1) is 13.4. The van der Waals surface area contributed by atoms with Gasteiger partial charge < -0.3 is 30.0 Å². The molecular formula is C15H22N4O9. The number of hydrogen-bond donors (Lipinski definition) is 3. The lowest BCUT2D eigenvalue weighted by molar-refractivity contribution is -0.393. The van der Waals surface area contributed by atoms with Crippen molar-refractivity contribution in [3.63, 3.8) is 0 Å². The number of nitro groups is 2. The Kier molecular flexibility index (Phi) is 10.8. The van der Waals surface area contributed by atoms with Crippen LogP contribution in [0.4, 0.5) is 21.9 Å². The third-order valence-corrected chi connectivity index (χ3v) is 3.22. The molecule has 0 aliphatic carbocycles. The van der Waals surface area contributed by atoms with Gasteiger partial charge in [0.25, 0.3) is 11.4 Å². The van der Waals surface area contributed by atoms with Gasteiger partial charge in [-0.1, -0.05) is 0 Å². The van der Waals surface area contributed by atoms with Crippen LogP contribution in [0.3, 0.4) is 0 Å². The van der Waals surface area contributed by atoms with Crippen LogP contribution >= 0.6 is 0 Å². The maximum absolute atomic E-state index is 11.0. The molecule has 13 nitrogen and oxygen atoms in total. The fraction of sp³-hybridized carbons (Fsp3) is 0.533. The minimum atomic E-state index is -1.10. The summed E-state index contributed by atoms with van der Waals surface area (Å²) in [4.78, 5) is 30.5. The van der Waals surface area contributed by atoms with Crippen molar-refractivity contribution in [2.45, 2.75) is 0 Å². The second-order valence-corrected chi connectivity index (χ2v) is 5.21. The van der Waals surface area contributed by atoms with E-state index in [4.69, 9.17) is 19.3 Å². The molecule has 0 heterocycles. The van der Waals surface area contributed by atoms with E-state index in [9.17, 15) is 25.0 Å². The molecule has 3 N–H and O–H groups in total. The highest BCUT2D eigenvalue weighted by atomic mass is 16.6. The molecule has 0 aliphatic heterocycles. The average molecular weight is 402 g/mol. The van der Waals surface area contributed by atoms with Crippen molar-refractivity contribution in [3.05, 3.63) is 38.4 Å². The summed E-state index contributed by atoms with van der Waals surface area (Å²) in [5.41, 5.74) is -0.561. The molecular weight excluding hydrogens is 380 g/mol. The molecule has 1 aromatic carbocycles. The number of nitro benzene ring substituents is 2. The number of nitrogens with zero attached hydrogens (tertiary/aromatic N) is 2. The number of nitrogens with one attached hydrogen (secondary N) is 2. The Morgan fingerprint density at radius 2 is 1.50 bits per heavy atom. The van der Waals surface area contributed by atoms with E-state index in [1.807, 2.05) is 0 Å². The van der Waals surface area contributed by atoms with Gasteiger partial charge in [0.15, 0.2) is 0 Å². The predicted octanol–water partition coefficient (Wildman–Crippen LogP) is 1.23. The number of carboxylic acid groups (broad SMARTS) is 1. The monoisotopic (exact) mass is 402 g/mol. The zero-order valence-electron chi connectivity index (χ0n) is 15.0. The van der Waals surface area contributed by atoms with Crippen molar-refractivity contribution in [3.8, 4) is 0 Å². The lowest BCUT2D eigenvalue weighted by atomic mass is 10.2. The third-order valence-electron chi connectivity index (χ3n) is 3.22. The standard InChI is InChI=1S/C15H22N4O9/c20-15(21)17-4-6-27-8-10-28-9-7-26-5-3-16-13-2-1-12(18(22)23)11-14(13)19(24)25/h1-2,11,16-17H,3-10H2,(H,20,21). The van der Waals surface area contributed by atoms with E-state index in [1.54, 1.807) is 0 Å². The highest BCUT2D eigenvalue weighted by molar-refractivity contribution is 5.65. The maximum Gasteiger partial charge on any atom is 0.404 e. The highest BCUT2D eigenvalue weighted by Gasteiger charge is 2.18. The van der Waals surface area contributed by atoms with Gasteiger partial charge in [0.05, 0.1) is 55.6 Å². The number of carbonyl (C=O) groups is 1. The van der Waals surface area contributed by atoms with Crippen LogP contribution in [0.1, 0.15) is 0 Å². The van der Waals surface area contributed by atoms with Gasteiger partial charge in [-0.3, -0.25) is 20.2 Å². The second kappa shape index (κ2) is 13.2. The van der Waals surface area contributed by atoms with Gasteiger partial charge in [0, 0.05) is 19.2 Å². The summed E-state index contributed by atoms with van der Waals surface area (Å²) in [5, 5.41) is 35.0. The second-order valence-electron chi connectivity index (χ2n) is 5.21. The number of rotatable bonds is 15. The topological polar surface area (TPSA) is 175 Å². The number of hydrogen-bond acceptors (Lipinski definition) is 9. The molecule has 28 heavy (non-hydrogen) atoms. The first-order valence-electron chi connectivity index (χ1n) is 8.28. The summed E-state index contributed by atoms with van der Waals surface area (Å²) in [7, 11) is 0. The average Bonchev–Trinajstić information content (AvgIpc) is 2.65. The van der Waals surface area contributed by atoms with Gasteiger partial charge in [-0.15, -0.1) is 0 Å². The van der Waals surface area contributed by atoms with Gasteiger partial charge in [-0.2, -0.15) is 0 Å². The normalized spacial score (nSPS) is 10.4. The van der Waals surface area contributed by atoms with Crippen LogP contribution in [0.2, 0.25) is 0 Å². The van der Waals surface area contributed by atoms with E-state index < -0.39 is 15.9 Å². The van der Waals surface area contributed by atoms with E-state index >= 15 is 0 Å². The molecule has 0 saturated carbocycles. The van der Waals surface area contributed by atoms with Crippen LogP contribution in [0.15, 0.2) is 18.2 Å². The van der Waals surface area contributed by atoms with Crippen molar-refractivity contribution < 1.29 is 34.0 Å². The van der Waals surface area contributed by atoms with E-state index in [1.165, 1.54) is 12.1 Å². The minimum Gasteiger partial charge on any atom is -0.465 e. The molecule has 1 amide bonds. The van der Waals surface area contributed by atoms with Gasteiger partial charge in [0.2, 0.25) is 0 Å². The Balaban J connectivity index is 2.09. The Bertz CT molecular complexity index is 656. The van der Waals surface area contributed by atoms with Crippen molar-refractivity contribution in [2.24, 2.45) is 0 Å². The van der Waals surface area contributed by atoms with Crippen molar-refractivity contribution >= 4 is 23.2 Å². The van der Waals surface area contributed by atoms with E-state index in [-0.39, 0.29) is 43.4 Å². The number of ether oxygens (including phenoxy) is 3. The van der Waals surface area contributed by atoms with Gasteiger partial charge >= 0.3 is 6.09 Å². The third kappa shape index (κ3) is 9.61. The van der Waals surface area contributed by atoms with Crippen LogP contribution < -0.4 is 10.6 Å². The predicted molar refractivity (Wildman–Crippen MR) is 96.7 cm³/mol. The van der Waals surface area contributed by atoms with E-state index in [0.29, 0.717) is 26.4 Å². The lowest BCUT2D eigenvalue weighted by Crippen LogP contribution is -2.25. The molecule has 0 unspecified atom stereocenters. The van der Waals surface area contributed by atoms with Gasteiger partial charge in [-0.05, 0) is 6.07 Å². The van der Waals surface area contributed by atoms with Crippen molar-refractivity contribution in [1.29, 1.82) is 0 Å². The minimum absolute atomic E-state index is 0.171. The van der Waals surface area contributed by atoms with Crippen molar-refractivity contribution in [2.75, 3.05) is 58.0 Å². The Morgan fingerprint density at radius 1 is 0.929 bits per heavy atom. The highest BCUT2D eigenvalue weighted by Crippen LogP contribution is 2.28. The van der Waals surface area contributed by atoms with E-state index in [2.05, 4.69) is 10.6 Å². The Labute approximate surface area is 159 Å². The van der Waals surface area contributed by atoms with Gasteiger partial charge in [-0.25, -0.2) is 4.79 Å². The molecule has 1 rings (SSSR count). The molecule has 0 aromatic heterocycles. The molecule has 0 spiro atoms. The fourth-order valence-corrected chi connectivity index (χ4v) is 1.96. The van der Waals surface area contributed by atoms with Crippen LogP contribution in [0.25, 0.3) is 0 Å². The first kappa shape index (κ1) is 23.0. The Hall–Kier alpha value is -3.03.